The molecule has 5 nitrogen and oxygen atoms in total. The molecular formula is C17H19NO4S. The number of rotatable bonds is 3. The number of benzene rings is 2. The van der Waals surface area contributed by atoms with Crippen molar-refractivity contribution in [1.29, 1.82) is 0 Å². The van der Waals surface area contributed by atoms with Gasteiger partial charge in [-0.1, -0.05) is 48.5 Å². The molecule has 1 fully saturated rings. The molecule has 2 N–H and O–H groups in total. The first-order chi connectivity index (χ1) is 10.9. The predicted octanol–water partition coefficient (Wildman–Crippen LogP) is 1.33. The minimum absolute atomic E-state index is 0.136. The van der Waals surface area contributed by atoms with Crippen LogP contribution < -0.4 is 0 Å². The van der Waals surface area contributed by atoms with E-state index in [-0.39, 0.29) is 24.4 Å². The van der Waals surface area contributed by atoms with Crippen LogP contribution in [0.25, 0.3) is 0 Å². The molecule has 0 bridgehead atoms. The molecule has 0 unspecified atom stereocenters. The van der Waals surface area contributed by atoms with E-state index in [0.29, 0.717) is 5.56 Å². The molecule has 3 rings (SSSR count). The van der Waals surface area contributed by atoms with Crippen LogP contribution in [0, 0.1) is 0 Å². The summed E-state index contributed by atoms with van der Waals surface area (Å²) in [4.78, 5) is 0.192. The highest BCUT2D eigenvalue weighted by Crippen LogP contribution is 2.34. The summed E-state index contributed by atoms with van der Waals surface area (Å²) in [5.74, 6) is 0. The quantitative estimate of drug-likeness (QED) is 0.888. The number of aliphatic hydroxyl groups is 2. The Morgan fingerprint density at radius 2 is 1.57 bits per heavy atom. The highest BCUT2D eigenvalue weighted by atomic mass is 32.2. The lowest BCUT2D eigenvalue weighted by Crippen LogP contribution is -2.54. The zero-order valence-electron chi connectivity index (χ0n) is 12.5. The second-order valence-corrected chi connectivity index (χ2v) is 7.67. The lowest BCUT2D eigenvalue weighted by Gasteiger charge is -2.41. The normalized spacial score (nSPS) is 26.1. The van der Waals surface area contributed by atoms with Gasteiger partial charge in [-0.3, -0.25) is 0 Å². The fourth-order valence-corrected chi connectivity index (χ4v) is 4.39. The largest absolute Gasteiger partial charge is 0.388 e. The number of β-amino-alcohol motifs (C(OH)–C–C–N with tert-alkyl or cyclic N) is 1. The van der Waals surface area contributed by atoms with E-state index in [4.69, 9.17) is 0 Å². The average molecular weight is 333 g/mol. The molecule has 0 saturated carbocycles. The van der Waals surface area contributed by atoms with Crippen LogP contribution in [0.2, 0.25) is 0 Å². The Morgan fingerprint density at radius 3 is 2.13 bits per heavy atom. The van der Waals surface area contributed by atoms with Crippen LogP contribution in [-0.2, 0) is 15.6 Å². The van der Waals surface area contributed by atoms with E-state index in [1.807, 2.05) is 6.07 Å². The number of piperidine rings is 1. The summed E-state index contributed by atoms with van der Waals surface area (Å²) >= 11 is 0. The Hall–Kier alpha value is -1.73. The molecule has 2 atom stereocenters. The standard InChI is InChI=1S/C17H19NO4S/c19-16-13-18(23(21,22)15-9-5-2-6-10-15)12-11-17(16,20)14-7-3-1-4-8-14/h1-10,16,19-20H,11-13H2/t16-,17+/m0/s1. The van der Waals surface area contributed by atoms with Crippen molar-refractivity contribution in [3.63, 3.8) is 0 Å². The Kier molecular flexibility index (Phi) is 4.25. The van der Waals surface area contributed by atoms with E-state index in [1.54, 1.807) is 42.5 Å². The van der Waals surface area contributed by atoms with Crippen molar-refractivity contribution in [3.05, 3.63) is 66.2 Å². The summed E-state index contributed by atoms with van der Waals surface area (Å²) in [5, 5.41) is 21.2. The van der Waals surface area contributed by atoms with Crippen LogP contribution in [0.5, 0.6) is 0 Å². The lowest BCUT2D eigenvalue weighted by molar-refractivity contribution is -0.112. The molecule has 1 heterocycles. The van der Waals surface area contributed by atoms with Crippen LogP contribution >= 0.6 is 0 Å². The van der Waals surface area contributed by atoms with Crippen molar-refractivity contribution in [3.8, 4) is 0 Å². The van der Waals surface area contributed by atoms with Crippen molar-refractivity contribution in [2.45, 2.75) is 23.0 Å². The van der Waals surface area contributed by atoms with Gasteiger partial charge in [-0.2, -0.15) is 4.31 Å². The molecule has 0 radical (unpaired) electrons. The van der Waals surface area contributed by atoms with Crippen molar-refractivity contribution in [1.82, 2.24) is 4.31 Å². The van der Waals surface area contributed by atoms with Gasteiger partial charge in [0.15, 0.2) is 0 Å². The van der Waals surface area contributed by atoms with Gasteiger partial charge in [0.25, 0.3) is 0 Å². The maximum Gasteiger partial charge on any atom is 0.243 e. The number of hydrogen-bond acceptors (Lipinski definition) is 4. The van der Waals surface area contributed by atoms with Crippen LogP contribution in [0.15, 0.2) is 65.6 Å². The number of nitrogens with zero attached hydrogens (tertiary/aromatic N) is 1. The Bertz CT molecular complexity index is 764. The van der Waals surface area contributed by atoms with E-state index in [0.717, 1.165) is 0 Å². The topological polar surface area (TPSA) is 77.8 Å². The first kappa shape index (κ1) is 16.1. The fraction of sp³-hybridized carbons (Fsp3) is 0.294. The van der Waals surface area contributed by atoms with Crippen molar-refractivity contribution in [2.75, 3.05) is 13.1 Å². The summed E-state index contributed by atoms with van der Waals surface area (Å²) in [6.07, 6.45) is -1.04. The van der Waals surface area contributed by atoms with Crippen molar-refractivity contribution < 1.29 is 18.6 Å². The summed E-state index contributed by atoms with van der Waals surface area (Å²) in [7, 11) is -3.67. The molecule has 2 aromatic carbocycles. The van der Waals surface area contributed by atoms with Crippen LogP contribution in [0.1, 0.15) is 12.0 Å². The third kappa shape index (κ3) is 2.90. The van der Waals surface area contributed by atoms with E-state index in [1.165, 1.54) is 16.4 Å². The minimum Gasteiger partial charge on any atom is -0.388 e. The van der Waals surface area contributed by atoms with Gasteiger partial charge in [0, 0.05) is 13.1 Å². The molecule has 0 spiro atoms. The average Bonchev–Trinajstić information content (AvgIpc) is 2.59. The zero-order chi connectivity index (χ0) is 16.5. The Morgan fingerprint density at radius 1 is 1.00 bits per heavy atom. The van der Waals surface area contributed by atoms with E-state index in [9.17, 15) is 18.6 Å². The SMILES string of the molecule is O=S(=O)(c1ccccc1)N1CC[C@@](O)(c2ccccc2)[C@@H](O)C1. The molecule has 0 amide bonds. The minimum atomic E-state index is -3.67. The van der Waals surface area contributed by atoms with Gasteiger partial charge in [-0.15, -0.1) is 0 Å². The van der Waals surface area contributed by atoms with E-state index in [2.05, 4.69) is 0 Å². The van der Waals surface area contributed by atoms with E-state index < -0.39 is 21.7 Å². The summed E-state index contributed by atoms with van der Waals surface area (Å²) in [5.41, 5.74) is -0.825. The van der Waals surface area contributed by atoms with Crippen molar-refractivity contribution in [2.24, 2.45) is 0 Å². The van der Waals surface area contributed by atoms with Gasteiger partial charge in [0.05, 0.1) is 4.90 Å². The van der Waals surface area contributed by atoms with Crippen LogP contribution in [-0.4, -0.2) is 42.1 Å². The molecular weight excluding hydrogens is 314 g/mol. The van der Waals surface area contributed by atoms with Gasteiger partial charge < -0.3 is 10.2 Å². The van der Waals surface area contributed by atoms with Crippen LogP contribution in [0.4, 0.5) is 0 Å². The molecule has 0 aromatic heterocycles. The molecule has 1 aliphatic rings. The maximum absolute atomic E-state index is 12.6. The molecule has 0 aliphatic carbocycles. The number of aliphatic hydroxyl groups excluding tert-OH is 1. The van der Waals surface area contributed by atoms with Gasteiger partial charge >= 0.3 is 0 Å². The second kappa shape index (κ2) is 6.05. The van der Waals surface area contributed by atoms with Gasteiger partial charge in [0.2, 0.25) is 10.0 Å². The third-order valence-electron chi connectivity index (χ3n) is 4.32. The highest BCUT2D eigenvalue weighted by molar-refractivity contribution is 7.89. The Labute approximate surface area is 135 Å². The zero-order valence-corrected chi connectivity index (χ0v) is 13.4. The maximum atomic E-state index is 12.6. The van der Waals surface area contributed by atoms with E-state index >= 15 is 0 Å². The molecule has 2 aromatic rings. The highest BCUT2D eigenvalue weighted by Gasteiger charge is 2.45. The van der Waals surface area contributed by atoms with Gasteiger partial charge in [-0.25, -0.2) is 8.42 Å². The first-order valence-electron chi connectivity index (χ1n) is 7.46. The number of hydrogen-bond donors (Lipinski definition) is 2. The fourth-order valence-electron chi connectivity index (χ4n) is 2.92. The van der Waals surface area contributed by atoms with Gasteiger partial charge in [0.1, 0.15) is 11.7 Å². The molecule has 122 valence electrons. The summed E-state index contributed by atoms with van der Waals surface area (Å²) in [6.45, 7) is 0.0162. The van der Waals surface area contributed by atoms with Crippen molar-refractivity contribution >= 4 is 10.0 Å². The monoisotopic (exact) mass is 333 g/mol. The molecule has 6 heteroatoms. The first-order valence-corrected chi connectivity index (χ1v) is 8.90. The van der Waals surface area contributed by atoms with Crippen LogP contribution in [0.3, 0.4) is 0 Å². The number of sulfonamides is 1. The van der Waals surface area contributed by atoms with Gasteiger partial charge in [-0.05, 0) is 24.1 Å². The molecule has 1 saturated heterocycles. The summed E-state index contributed by atoms with van der Waals surface area (Å²) < 4.78 is 26.5. The molecule has 23 heavy (non-hydrogen) atoms. The second-order valence-electron chi connectivity index (χ2n) is 5.73. The summed E-state index contributed by atoms with van der Waals surface area (Å²) in [6, 6.07) is 17.0. The third-order valence-corrected chi connectivity index (χ3v) is 6.20. The smallest absolute Gasteiger partial charge is 0.243 e. The lowest BCUT2D eigenvalue weighted by atomic mass is 9.83. The molecule has 1 aliphatic heterocycles. The predicted molar refractivity (Wildman–Crippen MR) is 86.2 cm³/mol. The Balaban J connectivity index is 1.84.